The fraction of sp³-hybridized carbons (Fsp3) is 0.500. The van der Waals surface area contributed by atoms with Crippen molar-refractivity contribution in [3.05, 3.63) is 18.2 Å². The van der Waals surface area contributed by atoms with Crippen molar-refractivity contribution in [2.45, 2.75) is 31.7 Å². The zero-order valence-electron chi connectivity index (χ0n) is 11.1. The minimum Gasteiger partial charge on any atom is -0.504 e. The van der Waals surface area contributed by atoms with Crippen LogP contribution in [0.3, 0.4) is 0 Å². The zero-order valence-corrected chi connectivity index (χ0v) is 11.1. The minimum atomic E-state index is -0.147. The van der Waals surface area contributed by atoms with Gasteiger partial charge in [-0.2, -0.15) is 0 Å². The van der Waals surface area contributed by atoms with E-state index in [0.717, 1.165) is 25.8 Å². The lowest BCUT2D eigenvalue weighted by atomic mass is 10.1. The molecule has 1 fully saturated rings. The average molecular weight is 264 g/mol. The van der Waals surface area contributed by atoms with Gasteiger partial charge < -0.3 is 20.5 Å². The number of rotatable bonds is 3. The number of amides is 1. The number of methoxy groups -OCH3 is 1. The monoisotopic (exact) mass is 264 g/mol. The topological polar surface area (TPSA) is 70.6 Å². The molecule has 1 amide bonds. The lowest BCUT2D eigenvalue weighted by Crippen LogP contribution is -2.39. The Morgan fingerprint density at radius 1 is 1.42 bits per heavy atom. The number of benzene rings is 1. The number of carbonyl (C=O) groups is 1. The number of phenolic OH excluding ortho intramolecular Hbond substituents is 1. The molecule has 3 N–H and O–H groups in total. The van der Waals surface area contributed by atoms with E-state index in [1.165, 1.54) is 19.6 Å². The van der Waals surface area contributed by atoms with E-state index in [1.54, 1.807) is 12.1 Å². The molecule has 1 unspecified atom stereocenters. The van der Waals surface area contributed by atoms with Gasteiger partial charge in [0.25, 0.3) is 0 Å². The van der Waals surface area contributed by atoms with Crippen LogP contribution in [0.4, 0.5) is 5.69 Å². The fourth-order valence-corrected chi connectivity index (χ4v) is 2.25. The van der Waals surface area contributed by atoms with Crippen LogP contribution < -0.4 is 15.4 Å². The first-order valence-corrected chi connectivity index (χ1v) is 6.62. The highest BCUT2D eigenvalue weighted by Crippen LogP contribution is 2.28. The van der Waals surface area contributed by atoms with Crippen molar-refractivity contribution in [3.8, 4) is 11.5 Å². The van der Waals surface area contributed by atoms with Gasteiger partial charge in [0, 0.05) is 11.8 Å². The summed E-state index contributed by atoms with van der Waals surface area (Å²) in [5.74, 6) is 0.367. The maximum Gasteiger partial charge on any atom is 0.241 e. The molecular weight excluding hydrogens is 244 g/mol. The SMILES string of the molecule is COc1ccc(NC(=O)C2CCCCCN2)cc1O. The highest BCUT2D eigenvalue weighted by molar-refractivity contribution is 5.95. The molecule has 19 heavy (non-hydrogen) atoms. The van der Waals surface area contributed by atoms with E-state index in [4.69, 9.17) is 4.74 Å². The van der Waals surface area contributed by atoms with Gasteiger partial charge in [-0.25, -0.2) is 0 Å². The van der Waals surface area contributed by atoms with Crippen molar-refractivity contribution in [2.75, 3.05) is 19.0 Å². The first kappa shape index (κ1) is 13.7. The van der Waals surface area contributed by atoms with Gasteiger partial charge in [-0.3, -0.25) is 4.79 Å². The second-order valence-corrected chi connectivity index (χ2v) is 4.73. The summed E-state index contributed by atoms with van der Waals surface area (Å²) < 4.78 is 4.96. The molecule has 0 saturated carbocycles. The summed E-state index contributed by atoms with van der Waals surface area (Å²) >= 11 is 0. The van der Waals surface area contributed by atoms with Gasteiger partial charge in [0.05, 0.1) is 13.2 Å². The van der Waals surface area contributed by atoms with Gasteiger partial charge in [-0.15, -0.1) is 0 Å². The van der Waals surface area contributed by atoms with E-state index in [0.29, 0.717) is 11.4 Å². The van der Waals surface area contributed by atoms with Crippen LogP contribution >= 0.6 is 0 Å². The van der Waals surface area contributed by atoms with Gasteiger partial charge >= 0.3 is 0 Å². The molecular formula is C14H20N2O3. The molecule has 1 heterocycles. The van der Waals surface area contributed by atoms with Crippen molar-refractivity contribution < 1.29 is 14.6 Å². The van der Waals surface area contributed by atoms with E-state index >= 15 is 0 Å². The van der Waals surface area contributed by atoms with E-state index < -0.39 is 0 Å². The van der Waals surface area contributed by atoms with E-state index in [1.807, 2.05) is 0 Å². The van der Waals surface area contributed by atoms with Crippen LogP contribution in [-0.4, -0.2) is 30.7 Å². The maximum atomic E-state index is 12.1. The van der Waals surface area contributed by atoms with Crippen LogP contribution in [0.5, 0.6) is 11.5 Å². The summed E-state index contributed by atoms with van der Waals surface area (Å²) in [6.07, 6.45) is 4.21. The minimum absolute atomic E-state index is 0.0223. The summed E-state index contributed by atoms with van der Waals surface area (Å²) in [7, 11) is 1.49. The average Bonchev–Trinajstić information content (AvgIpc) is 2.68. The van der Waals surface area contributed by atoms with Crippen molar-refractivity contribution in [3.63, 3.8) is 0 Å². The van der Waals surface area contributed by atoms with Gasteiger partial charge in [-0.1, -0.05) is 12.8 Å². The molecule has 0 aromatic heterocycles. The largest absolute Gasteiger partial charge is 0.504 e. The molecule has 1 aromatic carbocycles. The standard InChI is InChI=1S/C14H20N2O3/c1-19-13-7-6-10(9-12(13)17)16-14(18)11-5-3-2-4-8-15-11/h6-7,9,11,15,17H,2-5,8H2,1H3,(H,16,18). The van der Waals surface area contributed by atoms with Crippen LogP contribution in [0.1, 0.15) is 25.7 Å². The second-order valence-electron chi connectivity index (χ2n) is 4.73. The molecule has 104 valence electrons. The lowest BCUT2D eigenvalue weighted by molar-refractivity contribution is -0.118. The molecule has 0 bridgehead atoms. The van der Waals surface area contributed by atoms with Gasteiger partial charge in [0.2, 0.25) is 5.91 Å². The predicted octanol–water partition coefficient (Wildman–Crippen LogP) is 1.87. The highest BCUT2D eigenvalue weighted by atomic mass is 16.5. The molecule has 0 aliphatic carbocycles. The fourth-order valence-electron chi connectivity index (χ4n) is 2.25. The lowest BCUT2D eigenvalue weighted by Gasteiger charge is -2.16. The third kappa shape index (κ3) is 3.61. The van der Waals surface area contributed by atoms with Crippen LogP contribution in [0, 0.1) is 0 Å². The Balaban J connectivity index is 1.99. The molecule has 0 spiro atoms. The number of phenols is 1. The Hall–Kier alpha value is -1.75. The summed E-state index contributed by atoms with van der Waals surface area (Å²) in [5, 5.41) is 15.7. The Bertz CT molecular complexity index is 440. The predicted molar refractivity (Wildman–Crippen MR) is 73.5 cm³/mol. The number of carbonyl (C=O) groups excluding carboxylic acids is 1. The smallest absolute Gasteiger partial charge is 0.241 e. The van der Waals surface area contributed by atoms with E-state index in [2.05, 4.69) is 10.6 Å². The number of hydrogen-bond acceptors (Lipinski definition) is 4. The van der Waals surface area contributed by atoms with Gasteiger partial charge in [0.1, 0.15) is 0 Å². The molecule has 5 nitrogen and oxygen atoms in total. The number of ether oxygens (including phenoxy) is 1. The van der Waals surface area contributed by atoms with Crippen molar-refractivity contribution in [1.29, 1.82) is 0 Å². The molecule has 1 saturated heterocycles. The zero-order chi connectivity index (χ0) is 13.7. The summed E-state index contributed by atoms with van der Waals surface area (Å²) in [6, 6.07) is 4.69. The van der Waals surface area contributed by atoms with Gasteiger partial charge in [-0.05, 0) is 31.5 Å². The maximum absolute atomic E-state index is 12.1. The van der Waals surface area contributed by atoms with Crippen molar-refractivity contribution in [1.82, 2.24) is 5.32 Å². The van der Waals surface area contributed by atoms with E-state index in [-0.39, 0.29) is 17.7 Å². The molecule has 5 heteroatoms. The first-order chi connectivity index (χ1) is 9.20. The quantitative estimate of drug-likeness (QED) is 0.779. The van der Waals surface area contributed by atoms with Crippen molar-refractivity contribution in [2.24, 2.45) is 0 Å². The molecule has 1 aromatic rings. The first-order valence-electron chi connectivity index (χ1n) is 6.62. The summed E-state index contributed by atoms with van der Waals surface area (Å²) in [5.41, 5.74) is 0.578. The number of aromatic hydroxyl groups is 1. The number of nitrogens with one attached hydrogen (secondary N) is 2. The number of hydrogen-bond donors (Lipinski definition) is 3. The Kier molecular flexibility index (Phi) is 4.63. The Morgan fingerprint density at radius 3 is 3.00 bits per heavy atom. The molecule has 2 rings (SSSR count). The molecule has 1 aliphatic rings. The van der Waals surface area contributed by atoms with Crippen LogP contribution in [0.25, 0.3) is 0 Å². The molecule has 0 radical (unpaired) electrons. The summed E-state index contributed by atoms with van der Waals surface area (Å²) in [4.78, 5) is 12.1. The van der Waals surface area contributed by atoms with Crippen LogP contribution in [0.15, 0.2) is 18.2 Å². The third-order valence-electron chi connectivity index (χ3n) is 3.32. The van der Waals surface area contributed by atoms with Crippen molar-refractivity contribution >= 4 is 11.6 Å². The Labute approximate surface area is 113 Å². The number of anilines is 1. The third-order valence-corrected chi connectivity index (χ3v) is 3.32. The van der Waals surface area contributed by atoms with Crippen LogP contribution in [0.2, 0.25) is 0 Å². The summed E-state index contributed by atoms with van der Waals surface area (Å²) in [6.45, 7) is 0.881. The molecule has 1 atom stereocenters. The second kappa shape index (κ2) is 6.43. The van der Waals surface area contributed by atoms with E-state index in [9.17, 15) is 9.90 Å². The van der Waals surface area contributed by atoms with Crippen LogP contribution in [-0.2, 0) is 4.79 Å². The highest BCUT2D eigenvalue weighted by Gasteiger charge is 2.19. The molecule has 1 aliphatic heterocycles. The van der Waals surface area contributed by atoms with Gasteiger partial charge in [0.15, 0.2) is 11.5 Å². The normalized spacial score (nSPS) is 19.5. The Morgan fingerprint density at radius 2 is 2.26 bits per heavy atom.